The highest BCUT2D eigenvalue weighted by Crippen LogP contribution is 2.20. The maximum Gasteiger partial charge on any atom is 0.225 e. The molecule has 0 aromatic carbocycles. The van der Waals surface area contributed by atoms with Gasteiger partial charge in [-0.3, -0.25) is 9.89 Å². The first-order valence-electron chi connectivity index (χ1n) is 10.2. The zero-order valence-corrected chi connectivity index (χ0v) is 20.8. The lowest BCUT2D eigenvalue weighted by Crippen LogP contribution is -2.48. The minimum absolute atomic E-state index is 0. The Hall–Kier alpha value is -1.20. The molecule has 0 amide bonds. The van der Waals surface area contributed by atoms with Gasteiger partial charge >= 0.3 is 0 Å². The summed E-state index contributed by atoms with van der Waals surface area (Å²) in [5, 5.41) is 6.77. The third kappa shape index (κ3) is 9.00. The van der Waals surface area contributed by atoms with Crippen LogP contribution in [0.4, 0.5) is 5.95 Å². The highest BCUT2D eigenvalue weighted by molar-refractivity contribution is 14.0. The SMILES string of the molecule is CN=C(NCCCN1CCN(c2ncccn2)CC1)NCC(OC)C(C)(C)C.I. The number of ether oxygens (including phenoxy) is 1. The Morgan fingerprint density at radius 1 is 1.17 bits per heavy atom. The highest BCUT2D eigenvalue weighted by Gasteiger charge is 2.24. The fourth-order valence-corrected chi connectivity index (χ4v) is 3.29. The molecule has 8 nitrogen and oxygen atoms in total. The molecule has 1 unspecified atom stereocenters. The molecular formula is C20H38IN7O. The number of halogens is 1. The topological polar surface area (TPSA) is 77.9 Å². The predicted molar refractivity (Wildman–Crippen MR) is 130 cm³/mol. The average molecular weight is 519 g/mol. The van der Waals surface area contributed by atoms with Gasteiger partial charge in [0.2, 0.25) is 5.95 Å². The standard InChI is InChI=1S/C20H37N7O.HI/c1-20(2,3)17(28-5)16-25-18(21-4)22-10-7-11-26-12-14-27(15-13-26)19-23-8-6-9-24-19;/h6,8-9,17H,7,10-16H2,1-5H3,(H2,21,22,25);1H. The molecule has 1 aromatic rings. The largest absolute Gasteiger partial charge is 0.379 e. The summed E-state index contributed by atoms with van der Waals surface area (Å²) >= 11 is 0. The molecule has 1 atom stereocenters. The molecule has 0 radical (unpaired) electrons. The molecule has 9 heteroatoms. The first kappa shape index (κ1) is 25.8. The van der Waals surface area contributed by atoms with E-state index >= 15 is 0 Å². The fourth-order valence-electron chi connectivity index (χ4n) is 3.29. The van der Waals surface area contributed by atoms with E-state index in [-0.39, 0.29) is 35.5 Å². The number of aliphatic imine (C=N–C) groups is 1. The summed E-state index contributed by atoms with van der Waals surface area (Å²) in [6.45, 7) is 13.3. The van der Waals surface area contributed by atoms with Gasteiger partial charge in [0.15, 0.2) is 5.96 Å². The van der Waals surface area contributed by atoms with E-state index in [1.54, 1.807) is 26.6 Å². The smallest absolute Gasteiger partial charge is 0.225 e. The summed E-state index contributed by atoms with van der Waals surface area (Å²) in [6, 6.07) is 1.86. The van der Waals surface area contributed by atoms with Crippen LogP contribution in [0.5, 0.6) is 0 Å². The predicted octanol–water partition coefficient (Wildman–Crippen LogP) is 1.83. The molecule has 1 aromatic heterocycles. The number of hydrogen-bond acceptors (Lipinski definition) is 6. The van der Waals surface area contributed by atoms with Crippen LogP contribution in [0.3, 0.4) is 0 Å². The summed E-state index contributed by atoms with van der Waals surface area (Å²) in [5.74, 6) is 1.67. The number of nitrogens with zero attached hydrogens (tertiary/aromatic N) is 5. The van der Waals surface area contributed by atoms with Gasteiger partial charge in [-0.15, -0.1) is 24.0 Å². The van der Waals surface area contributed by atoms with Gasteiger partial charge in [-0.2, -0.15) is 0 Å². The molecule has 0 bridgehead atoms. The molecule has 2 heterocycles. The summed E-state index contributed by atoms with van der Waals surface area (Å²) in [5.41, 5.74) is 0.0908. The third-order valence-corrected chi connectivity index (χ3v) is 5.08. The summed E-state index contributed by atoms with van der Waals surface area (Å²) in [6.07, 6.45) is 4.82. The second-order valence-electron chi connectivity index (χ2n) is 8.20. The number of anilines is 1. The van der Waals surface area contributed by atoms with Crippen molar-refractivity contribution in [1.29, 1.82) is 0 Å². The highest BCUT2D eigenvalue weighted by atomic mass is 127. The van der Waals surface area contributed by atoms with Crippen LogP contribution in [0.1, 0.15) is 27.2 Å². The maximum atomic E-state index is 5.59. The molecule has 1 saturated heterocycles. The van der Waals surface area contributed by atoms with E-state index in [4.69, 9.17) is 4.74 Å². The van der Waals surface area contributed by atoms with Crippen LogP contribution in [0.15, 0.2) is 23.5 Å². The van der Waals surface area contributed by atoms with Gasteiger partial charge in [0, 0.05) is 65.8 Å². The van der Waals surface area contributed by atoms with E-state index < -0.39 is 0 Å². The lowest BCUT2D eigenvalue weighted by molar-refractivity contribution is 0.0205. The molecule has 2 N–H and O–H groups in total. The number of guanidine groups is 1. The molecule has 29 heavy (non-hydrogen) atoms. The van der Waals surface area contributed by atoms with Crippen LogP contribution >= 0.6 is 24.0 Å². The van der Waals surface area contributed by atoms with E-state index in [0.717, 1.165) is 64.1 Å². The lowest BCUT2D eigenvalue weighted by Gasteiger charge is -2.34. The fraction of sp³-hybridized carbons (Fsp3) is 0.750. The van der Waals surface area contributed by atoms with Crippen LogP contribution in [-0.4, -0.2) is 86.9 Å². The van der Waals surface area contributed by atoms with Gasteiger partial charge < -0.3 is 20.3 Å². The van der Waals surface area contributed by atoms with E-state index in [1.807, 2.05) is 6.07 Å². The van der Waals surface area contributed by atoms with Gasteiger partial charge in [-0.05, 0) is 24.4 Å². The summed E-state index contributed by atoms with van der Waals surface area (Å²) < 4.78 is 5.59. The molecule has 0 aliphatic carbocycles. The number of piperazine rings is 1. The molecular weight excluding hydrogens is 481 g/mol. The van der Waals surface area contributed by atoms with Crippen molar-refractivity contribution < 1.29 is 4.74 Å². The van der Waals surface area contributed by atoms with Crippen molar-refractivity contribution in [3.63, 3.8) is 0 Å². The molecule has 0 spiro atoms. The molecule has 1 aliphatic heterocycles. The minimum atomic E-state index is 0. The minimum Gasteiger partial charge on any atom is -0.379 e. The van der Waals surface area contributed by atoms with Crippen molar-refractivity contribution in [3.05, 3.63) is 18.5 Å². The van der Waals surface area contributed by atoms with Crippen LogP contribution in [0.25, 0.3) is 0 Å². The van der Waals surface area contributed by atoms with E-state index in [1.165, 1.54) is 0 Å². The average Bonchev–Trinajstić information content (AvgIpc) is 2.70. The monoisotopic (exact) mass is 519 g/mol. The Morgan fingerprint density at radius 3 is 2.38 bits per heavy atom. The van der Waals surface area contributed by atoms with Crippen molar-refractivity contribution in [2.45, 2.75) is 33.3 Å². The zero-order valence-electron chi connectivity index (χ0n) is 18.5. The third-order valence-electron chi connectivity index (χ3n) is 5.08. The Balaban J connectivity index is 0.00000420. The van der Waals surface area contributed by atoms with Gasteiger partial charge in [0.1, 0.15) is 0 Å². The summed E-state index contributed by atoms with van der Waals surface area (Å²) in [4.78, 5) is 17.7. The van der Waals surface area contributed by atoms with Crippen molar-refractivity contribution in [2.24, 2.45) is 10.4 Å². The van der Waals surface area contributed by atoms with E-state index in [2.05, 4.69) is 56.2 Å². The Morgan fingerprint density at radius 2 is 1.83 bits per heavy atom. The van der Waals surface area contributed by atoms with Gasteiger partial charge in [0.05, 0.1) is 6.10 Å². The van der Waals surface area contributed by atoms with Crippen LogP contribution in [0, 0.1) is 5.41 Å². The zero-order chi connectivity index (χ0) is 20.4. The van der Waals surface area contributed by atoms with Crippen molar-refractivity contribution in [1.82, 2.24) is 25.5 Å². The van der Waals surface area contributed by atoms with Gasteiger partial charge in [-0.25, -0.2) is 9.97 Å². The van der Waals surface area contributed by atoms with Crippen LogP contribution in [0.2, 0.25) is 0 Å². The number of aromatic nitrogens is 2. The second kappa shape index (κ2) is 13.2. The maximum absolute atomic E-state index is 5.59. The van der Waals surface area contributed by atoms with E-state index in [0.29, 0.717) is 0 Å². The molecule has 1 fully saturated rings. The molecule has 2 rings (SSSR count). The molecule has 166 valence electrons. The van der Waals surface area contributed by atoms with Crippen LogP contribution in [-0.2, 0) is 4.74 Å². The number of nitrogens with one attached hydrogen (secondary N) is 2. The number of hydrogen-bond donors (Lipinski definition) is 2. The van der Waals surface area contributed by atoms with Gasteiger partial charge in [-0.1, -0.05) is 20.8 Å². The second-order valence-corrected chi connectivity index (χ2v) is 8.20. The van der Waals surface area contributed by atoms with E-state index in [9.17, 15) is 0 Å². The van der Waals surface area contributed by atoms with Gasteiger partial charge in [0.25, 0.3) is 0 Å². The molecule has 1 aliphatic rings. The van der Waals surface area contributed by atoms with Crippen molar-refractivity contribution in [2.75, 3.05) is 64.9 Å². The Kier molecular flexibility index (Phi) is 11.7. The summed E-state index contributed by atoms with van der Waals surface area (Å²) in [7, 11) is 3.57. The normalized spacial score (nSPS) is 16.9. The van der Waals surface area contributed by atoms with Crippen molar-refractivity contribution in [3.8, 4) is 0 Å². The Bertz CT molecular complexity index is 586. The first-order valence-corrected chi connectivity index (χ1v) is 10.2. The number of rotatable bonds is 8. The first-order chi connectivity index (χ1) is 13.4. The molecule has 0 saturated carbocycles. The number of methoxy groups -OCH3 is 1. The Labute approximate surface area is 192 Å². The van der Waals surface area contributed by atoms with Crippen molar-refractivity contribution >= 4 is 35.9 Å². The van der Waals surface area contributed by atoms with Crippen LogP contribution < -0.4 is 15.5 Å². The lowest BCUT2D eigenvalue weighted by atomic mass is 9.89. The quantitative estimate of drug-likeness (QED) is 0.235.